The van der Waals surface area contributed by atoms with Crippen molar-refractivity contribution in [1.82, 2.24) is 0 Å². The molecule has 2 aromatic rings. The van der Waals surface area contributed by atoms with Gasteiger partial charge in [0.15, 0.2) is 6.10 Å². The van der Waals surface area contributed by atoms with E-state index in [2.05, 4.69) is 0 Å². The molecule has 0 aliphatic rings. The van der Waals surface area contributed by atoms with Crippen LogP contribution in [0.4, 0.5) is 5.69 Å². The van der Waals surface area contributed by atoms with Gasteiger partial charge in [-0.2, -0.15) is 0 Å². The first-order valence-electron chi connectivity index (χ1n) is 6.82. The highest BCUT2D eigenvalue weighted by Crippen LogP contribution is 2.26. The summed E-state index contributed by atoms with van der Waals surface area (Å²) in [6, 6.07) is 13.5. The summed E-state index contributed by atoms with van der Waals surface area (Å²) in [5.41, 5.74) is 0.772. The molecule has 0 bridgehead atoms. The van der Waals surface area contributed by atoms with Crippen LogP contribution in [0.15, 0.2) is 48.5 Å². The quantitative estimate of drug-likeness (QED) is 0.598. The molecule has 0 saturated heterocycles. The van der Waals surface area contributed by atoms with Crippen molar-refractivity contribution < 1.29 is 24.7 Å². The fraction of sp³-hybridized carbons (Fsp3) is 0.188. The number of aliphatic carboxylic acids is 1. The van der Waals surface area contributed by atoms with Crippen LogP contribution in [0.1, 0.15) is 11.1 Å². The Labute approximate surface area is 131 Å². The molecule has 2 N–H and O–H groups in total. The standard InChI is InChI=1S/C16H15NO6/c18-15(16(19)20)8-12-6-7-13(9-14(12)17(21)22)23-10-11-4-2-1-3-5-11/h1-7,9,15,18H,8,10H2,(H,19,20). The number of nitro benzene ring substituents is 1. The molecule has 23 heavy (non-hydrogen) atoms. The summed E-state index contributed by atoms with van der Waals surface area (Å²) >= 11 is 0. The monoisotopic (exact) mass is 317 g/mol. The van der Waals surface area contributed by atoms with E-state index in [0.29, 0.717) is 5.75 Å². The van der Waals surface area contributed by atoms with Gasteiger partial charge in [0.2, 0.25) is 0 Å². The lowest BCUT2D eigenvalue weighted by molar-refractivity contribution is -0.385. The first kappa shape index (κ1) is 16.4. The molecular weight excluding hydrogens is 302 g/mol. The third kappa shape index (κ3) is 4.52. The highest BCUT2D eigenvalue weighted by molar-refractivity contribution is 5.72. The maximum Gasteiger partial charge on any atom is 0.332 e. The van der Waals surface area contributed by atoms with E-state index < -0.39 is 17.0 Å². The third-order valence-corrected chi connectivity index (χ3v) is 3.20. The lowest BCUT2D eigenvalue weighted by Gasteiger charge is -2.09. The van der Waals surface area contributed by atoms with E-state index in [1.807, 2.05) is 30.3 Å². The van der Waals surface area contributed by atoms with Gasteiger partial charge < -0.3 is 14.9 Å². The molecular formula is C16H15NO6. The summed E-state index contributed by atoms with van der Waals surface area (Å²) in [6.07, 6.45) is -2.03. The number of aliphatic hydroxyl groups is 1. The SMILES string of the molecule is O=C(O)C(O)Cc1ccc(OCc2ccccc2)cc1[N+](=O)[O-]. The molecule has 0 aliphatic heterocycles. The fourth-order valence-electron chi connectivity index (χ4n) is 2.01. The van der Waals surface area contributed by atoms with Crippen molar-refractivity contribution in [3.05, 3.63) is 69.8 Å². The van der Waals surface area contributed by atoms with Gasteiger partial charge in [0, 0.05) is 12.0 Å². The van der Waals surface area contributed by atoms with Gasteiger partial charge in [0.25, 0.3) is 5.69 Å². The minimum atomic E-state index is -1.69. The Morgan fingerprint density at radius 3 is 2.52 bits per heavy atom. The first-order chi connectivity index (χ1) is 11.0. The van der Waals surface area contributed by atoms with Crippen LogP contribution >= 0.6 is 0 Å². The summed E-state index contributed by atoms with van der Waals surface area (Å²) in [6.45, 7) is 0.259. The Morgan fingerprint density at radius 2 is 1.91 bits per heavy atom. The average molecular weight is 317 g/mol. The second-order valence-electron chi connectivity index (χ2n) is 4.88. The van der Waals surface area contributed by atoms with Crippen molar-refractivity contribution in [2.24, 2.45) is 0 Å². The predicted molar refractivity (Wildman–Crippen MR) is 81.2 cm³/mol. The summed E-state index contributed by atoms with van der Waals surface area (Å²) < 4.78 is 5.51. The maximum absolute atomic E-state index is 11.1. The van der Waals surface area contributed by atoms with Gasteiger partial charge in [-0.1, -0.05) is 30.3 Å². The number of ether oxygens (including phenoxy) is 1. The van der Waals surface area contributed by atoms with Crippen LogP contribution in [0.25, 0.3) is 0 Å². The minimum absolute atomic E-state index is 0.136. The molecule has 0 aromatic heterocycles. The predicted octanol–water partition coefficient (Wildman–Crippen LogP) is 2.16. The molecule has 0 heterocycles. The van der Waals surface area contributed by atoms with E-state index in [1.165, 1.54) is 18.2 Å². The molecule has 0 saturated carbocycles. The summed E-state index contributed by atoms with van der Waals surface area (Å²) in [5.74, 6) is -1.13. The van der Waals surface area contributed by atoms with E-state index in [0.717, 1.165) is 5.56 Å². The zero-order valence-electron chi connectivity index (χ0n) is 12.1. The average Bonchev–Trinajstić information content (AvgIpc) is 2.54. The molecule has 7 nitrogen and oxygen atoms in total. The molecule has 120 valence electrons. The molecule has 0 fully saturated rings. The number of nitrogens with zero attached hydrogens (tertiary/aromatic N) is 1. The molecule has 1 atom stereocenters. The van der Waals surface area contributed by atoms with Gasteiger partial charge >= 0.3 is 5.97 Å². The molecule has 2 aromatic carbocycles. The number of rotatable bonds is 7. The van der Waals surface area contributed by atoms with E-state index in [4.69, 9.17) is 9.84 Å². The molecule has 0 aliphatic carbocycles. The zero-order valence-corrected chi connectivity index (χ0v) is 12.1. The van der Waals surface area contributed by atoms with Crippen LogP contribution < -0.4 is 4.74 Å². The van der Waals surface area contributed by atoms with Gasteiger partial charge in [0.1, 0.15) is 12.4 Å². The Balaban J connectivity index is 2.15. The van der Waals surface area contributed by atoms with E-state index in [1.54, 1.807) is 0 Å². The number of hydrogen-bond acceptors (Lipinski definition) is 5. The maximum atomic E-state index is 11.1. The topological polar surface area (TPSA) is 110 Å². The molecule has 0 radical (unpaired) electrons. The Bertz CT molecular complexity index is 701. The third-order valence-electron chi connectivity index (χ3n) is 3.20. The van der Waals surface area contributed by atoms with Gasteiger partial charge in [-0.3, -0.25) is 10.1 Å². The van der Waals surface area contributed by atoms with Crippen molar-refractivity contribution in [2.75, 3.05) is 0 Å². The van der Waals surface area contributed by atoms with E-state index in [-0.39, 0.29) is 24.3 Å². The summed E-state index contributed by atoms with van der Waals surface area (Å²) in [5, 5.41) is 29.2. The summed E-state index contributed by atoms with van der Waals surface area (Å²) in [4.78, 5) is 21.2. The molecule has 0 spiro atoms. The molecule has 7 heteroatoms. The Kier molecular flexibility index (Phi) is 5.27. The Hall–Kier alpha value is -2.93. The van der Waals surface area contributed by atoms with Crippen molar-refractivity contribution in [1.29, 1.82) is 0 Å². The van der Waals surface area contributed by atoms with Crippen LogP contribution in [0, 0.1) is 10.1 Å². The van der Waals surface area contributed by atoms with Crippen molar-refractivity contribution in [3.63, 3.8) is 0 Å². The summed E-state index contributed by atoms with van der Waals surface area (Å²) in [7, 11) is 0. The largest absolute Gasteiger partial charge is 0.489 e. The first-order valence-corrected chi connectivity index (χ1v) is 6.82. The van der Waals surface area contributed by atoms with Crippen molar-refractivity contribution in [3.8, 4) is 5.75 Å². The van der Waals surface area contributed by atoms with Gasteiger partial charge in [0.05, 0.1) is 11.0 Å². The molecule has 2 rings (SSSR count). The molecule has 0 amide bonds. The highest BCUT2D eigenvalue weighted by Gasteiger charge is 2.21. The van der Waals surface area contributed by atoms with Crippen molar-refractivity contribution in [2.45, 2.75) is 19.1 Å². The van der Waals surface area contributed by atoms with Crippen LogP contribution in [0.3, 0.4) is 0 Å². The smallest absolute Gasteiger partial charge is 0.332 e. The second kappa shape index (κ2) is 7.37. The van der Waals surface area contributed by atoms with Crippen molar-refractivity contribution >= 4 is 11.7 Å². The zero-order chi connectivity index (χ0) is 16.8. The number of aliphatic hydroxyl groups excluding tert-OH is 1. The number of nitro groups is 1. The van der Waals surface area contributed by atoms with Crippen LogP contribution in [-0.4, -0.2) is 27.2 Å². The normalized spacial score (nSPS) is 11.7. The van der Waals surface area contributed by atoms with Gasteiger partial charge in [-0.05, 0) is 17.7 Å². The number of benzene rings is 2. The highest BCUT2D eigenvalue weighted by atomic mass is 16.6. The Morgan fingerprint density at radius 1 is 1.22 bits per heavy atom. The number of carboxylic acids is 1. The van der Waals surface area contributed by atoms with Crippen LogP contribution in [0.5, 0.6) is 5.75 Å². The van der Waals surface area contributed by atoms with E-state index >= 15 is 0 Å². The number of carbonyl (C=O) groups is 1. The number of carboxylic acid groups (broad SMARTS) is 1. The minimum Gasteiger partial charge on any atom is -0.489 e. The van der Waals surface area contributed by atoms with Gasteiger partial charge in [-0.15, -0.1) is 0 Å². The molecule has 1 unspecified atom stereocenters. The fourth-order valence-corrected chi connectivity index (χ4v) is 2.01. The van der Waals surface area contributed by atoms with Crippen LogP contribution in [0.2, 0.25) is 0 Å². The lowest BCUT2D eigenvalue weighted by Crippen LogP contribution is -2.22. The van der Waals surface area contributed by atoms with E-state index in [9.17, 15) is 20.0 Å². The number of hydrogen-bond donors (Lipinski definition) is 2. The van der Waals surface area contributed by atoms with Gasteiger partial charge in [-0.25, -0.2) is 4.79 Å². The van der Waals surface area contributed by atoms with Crippen LogP contribution in [-0.2, 0) is 17.8 Å². The second-order valence-corrected chi connectivity index (χ2v) is 4.88. The lowest BCUT2D eigenvalue weighted by atomic mass is 10.1.